The van der Waals surface area contributed by atoms with Crippen molar-refractivity contribution in [3.05, 3.63) is 29.7 Å². The van der Waals surface area contributed by atoms with Crippen LogP contribution in [0, 0.1) is 12.8 Å². The Morgan fingerprint density at radius 3 is 2.94 bits per heavy atom. The van der Waals surface area contributed by atoms with Crippen molar-refractivity contribution in [3.63, 3.8) is 0 Å². The molecule has 5 nitrogen and oxygen atoms in total. The lowest BCUT2D eigenvalue weighted by Crippen LogP contribution is -2.21. The number of aliphatic carboxylic acids is 1. The molecule has 96 valence electrons. The van der Waals surface area contributed by atoms with Gasteiger partial charge >= 0.3 is 5.97 Å². The quantitative estimate of drug-likeness (QED) is 0.866. The van der Waals surface area contributed by atoms with Gasteiger partial charge in [-0.3, -0.25) is 4.79 Å². The maximum Gasteiger partial charge on any atom is 0.303 e. The van der Waals surface area contributed by atoms with Crippen LogP contribution in [0.25, 0.3) is 11.1 Å². The molecule has 0 amide bonds. The van der Waals surface area contributed by atoms with Crippen molar-refractivity contribution in [2.75, 3.05) is 0 Å². The van der Waals surface area contributed by atoms with E-state index in [2.05, 4.69) is 4.98 Å². The SMILES string of the molecule is Cc1nc2ccc(C(N)C(C)CC(=O)O)cc2o1. The topological polar surface area (TPSA) is 89.3 Å². The van der Waals surface area contributed by atoms with E-state index in [1.165, 1.54) is 0 Å². The van der Waals surface area contributed by atoms with Gasteiger partial charge < -0.3 is 15.3 Å². The first-order valence-electron chi connectivity index (χ1n) is 5.82. The fraction of sp³-hybridized carbons (Fsp3) is 0.385. The molecule has 0 saturated carbocycles. The molecule has 1 aromatic heterocycles. The van der Waals surface area contributed by atoms with E-state index in [0.29, 0.717) is 11.5 Å². The smallest absolute Gasteiger partial charge is 0.303 e. The second kappa shape index (κ2) is 4.78. The predicted molar refractivity (Wildman–Crippen MR) is 67.1 cm³/mol. The lowest BCUT2D eigenvalue weighted by molar-refractivity contribution is -0.138. The standard InChI is InChI=1S/C13H16N2O3/c1-7(5-12(16)17)13(14)9-3-4-10-11(6-9)18-8(2)15-10/h3-4,6-7,13H,5,14H2,1-2H3,(H,16,17). The van der Waals surface area contributed by atoms with Crippen molar-refractivity contribution < 1.29 is 14.3 Å². The Hall–Kier alpha value is -1.88. The molecule has 1 aromatic carbocycles. The molecule has 18 heavy (non-hydrogen) atoms. The lowest BCUT2D eigenvalue weighted by Gasteiger charge is -2.18. The van der Waals surface area contributed by atoms with Gasteiger partial charge in [-0.15, -0.1) is 0 Å². The van der Waals surface area contributed by atoms with Gasteiger partial charge in [0.15, 0.2) is 11.5 Å². The van der Waals surface area contributed by atoms with E-state index in [0.717, 1.165) is 11.1 Å². The number of hydrogen-bond acceptors (Lipinski definition) is 4. The number of aromatic nitrogens is 1. The van der Waals surface area contributed by atoms with E-state index in [1.807, 2.05) is 25.1 Å². The summed E-state index contributed by atoms with van der Waals surface area (Å²) in [6.45, 7) is 3.61. The Morgan fingerprint density at radius 1 is 1.56 bits per heavy atom. The average molecular weight is 248 g/mol. The number of nitrogens with two attached hydrogens (primary N) is 1. The molecule has 0 bridgehead atoms. The summed E-state index contributed by atoms with van der Waals surface area (Å²) in [5.41, 5.74) is 8.40. The first kappa shape index (κ1) is 12.6. The molecule has 0 saturated heterocycles. The van der Waals surface area contributed by atoms with E-state index in [1.54, 1.807) is 6.92 Å². The van der Waals surface area contributed by atoms with Crippen LogP contribution in [0.1, 0.15) is 30.8 Å². The number of carbonyl (C=O) groups is 1. The van der Waals surface area contributed by atoms with Crippen molar-refractivity contribution in [2.24, 2.45) is 11.7 Å². The number of carboxylic acids is 1. The number of carboxylic acid groups (broad SMARTS) is 1. The summed E-state index contributed by atoms with van der Waals surface area (Å²) in [6.07, 6.45) is 0.0502. The summed E-state index contributed by atoms with van der Waals surface area (Å²) >= 11 is 0. The van der Waals surface area contributed by atoms with Crippen LogP contribution in [0.5, 0.6) is 0 Å². The Balaban J connectivity index is 2.26. The Kier molecular flexibility index (Phi) is 3.34. The Bertz CT molecular complexity index is 577. The van der Waals surface area contributed by atoms with Crippen LogP contribution in [0.4, 0.5) is 0 Å². The van der Waals surface area contributed by atoms with Crippen LogP contribution in [-0.2, 0) is 4.79 Å². The third kappa shape index (κ3) is 2.51. The molecule has 3 N–H and O–H groups in total. The molecule has 2 rings (SSSR count). The van der Waals surface area contributed by atoms with E-state index in [4.69, 9.17) is 15.3 Å². The molecule has 0 aliphatic heterocycles. The van der Waals surface area contributed by atoms with Crippen molar-refractivity contribution in [1.29, 1.82) is 0 Å². The minimum absolute atomic E-state index is 0.0502. The first-order chi connectivity index (χ1) is 8.47. The number of nitrogens with zero attached hydrogens (tertiary/aromatic N) is 1. The minimum atomic E-state index is -0.838. The molecule has 2 unspecified atom stereocenters. The third-order valence-corrected chi connectivity index (χ3v) is 3.01. The molecular weight excluding hydrogens is 232 g/mol. The number of aryl methyl sites for hydroxylation is 1. The molecule has 0 fully saturated rings. The lowest BCUT2D eigenvalue weighted by atomic mass is 9.92. The molecule has 0 aliphatic rings. The number of oxazole rings is 1. The van der Waals surface area contributed by atoms with E-state index >= 15 is 0 Å². The Morgan fingerprint density at radius 2 is 2.28 bits per heavy atom. The van der Waals surface area contributed by atoms with Gasteiger partial charge in [-0.2, -0.15) is 0 Å². The predicted octanol–water partition coefficient (Wildman–Crippen LogP) is 2.25. The molecule has 2 atom stereocenters. The van der Waals surface area contributed by atoms with E-state index < -0.39 is 5.97 Å². The van der Waals surface area contributed by atoms with Crippen molar-refractivity contribution in [1.82, 2.24) is 4.98 Å². The monoisotopic (exact) mass is 248 g/mol. The zero-order chi connectivity index (χ0) is 13.3. The highest BCUT2D eigenvalue weighted by molar-refractivity contribution is 5.73. The summed E-state index contributed by atoms with van der Waals surface area (Å²) in [6, 6.07) is 5.22. The molecular formula is C13H16N2O3. The average Bonchev–Trinajstić information content (AvgIpc) is 2.65. The Labute approximate surface area is 105 Å². The van der Waals surface area contributed by atoms with Gasteiger partial charge in [-0.05, 0) is 23.6 Å². The zero-order valence-electron chi connectivity index (χ0n) is 10.4. The maximum absolute atomic E-state index is 10.7. The zero-order valence-corrected chi connectivity index (χ0v) is 10.4. The highest BCUT2D eigenvalue weighted by Crippen LogP contribution is 2.25. The van der Waals surface area contributed by atoms with Crippen LogP contribution >= 0.6 is 0 Å². The summed E-state index contributed by atoms with van der Waals surface area (Å²) < 4.78 is 5.44. The maximum atomic E-state index is 10.7. The summed E-state index contributed by atoms with van der Waals surface area (Å²) in [5, 5.41) is 8.77. The van der Waals surface area contributed by atoms with Gasteiger partial charge in [0.1, 0.15) is 5.52 Å². The fourth-order valence-corrected chi connectivity index (χ4v) is 1.99. The molecule has 2 aromatic rings. The molecule has 0 radical (unpaired) electrons. The summed E-state index contributed by atoms with van der Waals surface area (Å²) in [7, 11) is 0. The van der Waals surface area contributed by atoms with Gasteiger partial charge in [0, 0.05) is 19.4 Å². The second-order valence-corrected chi connectivity index (χ2v) is 4.56. The molecule has 0 spiro atoms. The van der Waals surface area contributed by atoms with Crippen LogP contribution in [0.15, 0.2) is 22.6 Å². The van der Waals surface area contributed by atoms with Crippen molar-refractivity contribution in [2.45, 2.75) is 26.3 Å². The number of benzene rings is 1. The summed E-state index contributed by atoms with van der Waals surface area (Å²) in [5.74, 6) is -0.368. The molecule has 0 aliphatic carbocycles. The number of rotatable bonds is 4. The van der Waals surface area contributed by atoms with Crippen LogP contribution in [0.2, 0.25) is 0 Å². The largest absolute Gasteiger partial charge is 0.481 e. The molecule has 5 heteroatoms. The van der Waals surface area contributed by atoms with Crippen molar-refractivity contribution in [3.8, 4) is 0 Å². The second-order valence-electron chi connectivity index (χ2n) is 4.56. The van der Waals surface area contributed by atoms with Gasteiger partial charge in [0.05, 0.1) is 0 Å². The third-order valence-electron chi connectivity index (χ3n) is 3.01. The van der Waals surface area contributed by atoms with E-state index in [9.17, 15) is 4.79 Å². The van der Waals surface area contributed by atoms with Crippen LogP contribution in [0.3, 0.4) is 0 Å². The van der Waals surface area contributed by atoms with E-state index in [-0.39, 0.29) is 18.4 Å². The molecule has 1 heterocycles. The van der Waals surface area contributed by atoms with Crippen molar-refractivity contribution >= 4 is 17.1 Å². The first-order valence-corrected chi connectivity index (χ1v) is 5.82. The highest BCUT2D eigenvalue weighted by atomic mass is 16.4. The normalized spacial score (nSPS) is 14.6. The minimum Gasteiger partial charge on any atom is -0.481 e. The fourth-order valence-electron chi connectivity index (χ4n) is 1.99. The van der Waals surface area contributed by atoms with Gasteiger partial charge in [0.25, 0.3) is 0 Å². The van der Waals surface area contributed by atoms with Crippen LogP contribution < -0.4 is 5.73 Å². The summed E-state index contributed by atoms with van der Waals surface area (Å²) in [4.78, 5) is 14.9. The van der Waals surface area contributed by atoms with Gasteiger partial charge in [-0.1, -0.05) is 13.0 Å². The van der Waals surface area contributed by atoms with Crippen LogP contribution in [-0.4, -0.2) is 16.1 Å². The highest BCUT2D eigenvalue weighted by Gasteiger charge is 2.18. The number of hydrogen-bond donors (Lipinski definition) is 2. The number of fused-ring (bicyclic) bond motifs is 1. The van der Waals surface area contributed by atoms with Gasteiger partial charge in [0.2, 0.25) is 0 Å². The van der Waals surface area contributed by atoms with Gasteiger partial charge in [-0.25, -0.2) is 4.98 Å².